The highest BCUT2D eigenvalue weighted by atomic mass is 16.7. The van der Waals surface area contributed by atoms with Gasteiger partial charge in [0.2, 0.25) is 0 Å². The van der Waals surface area contributed by atoms with Crippen LogP contribution in [0.4, 0.5) is 4.79 Å². The van der Waals surface area contributed by atoms with Crippen LogP contribution in [0.2, 0.25) is 0 Å². The maximum atomic E-state index is 12.8. The van der Waals surface area contributed by atoms with Gasteiger partial charge in [-0.2, -0.15) is 0 Å². The molecule has 0 radical (unpaired) electrons. The minimum atomic E-state index is -1.39. The number of ether oxygens (including phenoxy) is 4. The van der Waals surface area contributed by atoms with Crippen LogP contribution in [-0.2, 0) is 23.9 Å². The molecule has 1 rings (SSSR count). The molecule has 0 spiro atoms. The van der Waals surface area contributed by atoms with Crippen LogP contribution in [0.1, 0.15) is 99.5 Å². The number of carbonyl (C=O) groups is 4. The van der Waals surface area contributed by atoms with Gasteiger partial charge in [-0.15, -0.1) is 0 Å². The molecule has 0 fully saturated rings. The number of esters is 2. The van der Waals surface area contributed by atoms with Crippen molar-refractivity contribution >= 4 is 24.1 Å². The lowest BCUT2D eigenvalue weighted by molar-refractivity contribution is -0.141. The molecule has 6 atom stereocenters. The fourth-order valence-electron chi connectivity index (χ4n) is 4.23. The third-order valence-corrected chi connectivity index (χ3v) is 6.67. The van der Waals surface area contributed by atoms with E-state index in [1.54, 1.807) is 54.5 Å². The first kappa shape index (κ1) is 34.9. The largest absolute Gasteiger partial charge is 0.509 e. The molecule has 0 aliphatic heterocycles. The summed E-state index contributed by atoms with van der Waals surface area (Å²) in [5.74, 6) is -4.46. The lowest BCUT2D eigenvalue weighted by atomic mass is 9.79. The second-order valence-electron chi connectivity index (χ2n) is 11.5. The molecule has 40 heavy (non-hydrogen) atoms. The van der Waals surface area contributed by atoms with E-state index in [9.17, 15) is 24.3 Å². The van der Waals surface area contributed by atoms with E-state index in [1.807, 2.05) is 13.8 Å². The summed E-state index contributed by atoms with van der Waals surface area (Å²) in [5.41, 5.74) is 5.77. The molecule has 0 bridgehead atoms. The molecule has 0 aliphatic carbocycles. The Balaban J connectivity index is 3.49. The van der Waals surface area contributed by atoms with Crippen LogP contribution in [-0.4, -0.2) is 46.9 Å². The van der Waals surface area contributed by atoms with Gasteiger partial charge in [-0.05, 0) is 58.2 Å². The number of carboxylic acids is 1. The summed E-state index contributed by atoms with van der Waals surface area (Å²) in [6.45, 7) is 15.8. The zero-order chi connectivity index (χ0) is 30.8. The Kier molecular flexibility index (Phi) is 13.6. The average Bonchev–Trinajstić information content (AvgIpc) is 2.84. The molecule has 0 amide bonds. The van der Waals surface area contributed by atoms with E-state index in [0.717, 1.165) is 12.8 Å². The van der Waals surface area contributed by atoms with E-state index in [0.29, 0.717) is 18.4 Å². The molecule has 226 valence electrons. The minimum Gasteiger partial charge on any atom is -0.480 e. The third-order valence-electron chi connectivity index (χ3n) is 6.67. The maximum absolute atomic E-state index is 12.8. The Labute approximate surface area is 237 Å². The van der Waals surface area contributed by atoms with E-state index >= 15 is 0 Å². The first-order chi connectivity index (χ1) is 18.5. The van der Waals surface area contributed by atoms with E-state index < -0.39 is 59.6 Å². The lowest BCUT2D eigenvalue weighted by Gasteiger charge is -2.32. The molecule has 5 unspecified atom stereocenters. The van der Waals surface area contributed by atoms with Gasteiger partial charge in [-0.1, -0.05) is 53.5 Å². The van der Waals surface area contributed by atoms with Crippen LogP contribution in [0, 0.1) is 17.8 Å². The Bertz CT molecular complexity index is 1020. The number of carboxylic acid groups (broad SMARTS) is 1. The van der Waals surface area contributed by atoms with Crippen molar-refractivity contribution in [1.82, 2.24) is 0 Å². The van der Waals surface area contributed by atoms with Gasteiger partial charge in [0, 0.05) is 11.8 Å². The molecule has 3 N–H and O–H groups in total. The Morgan fingerprint density at radius 3 is 1.82 bits per heavy atom. The highest BCUT2D eigenvalue weighted by Gasteiger charge is 2.36. The Hall–Kier alpha value is -3.14. The number of benzene rings is 1. The van der Waals surface area contributed by atoms with Gasteiger partial charge < -0.3 is 29.8 Å². The molecule has 1 aromatic carbocycles. The van der Waals surface area contributed by atoms with Crippen molar-refractivity contribution in [2.24, 2.45) is 23.5 Å². The second-order valence-corrected chi connectivity index (χ2v) is 11.5. The predicted molar refractivity (Wildman–Crippen MR) is 150 cm³/mol. The number of carbonyl (C=O) groups excluding carboxylic acids is 3. The van der Waals surface area contributed by atoms with Crippen LogP contribution in [0.5, 0.6) is 11.5 Å². The Morgan fingerprint density at radius 1 is 0.875 bits per heavy atom. The highest BCUT2D eigenvalue weighted by molar-refractivity contribution is 5.79. The predicted octanol–water partition coefficient (Wildman–Crippen LogP) is 5.84. The second kappa shape index (κ2) is 15.6. The summed E-state index contributed by atoms with van der Waals surface area (Å²) in [7, 11) is 0. The van der Waals surface area contributed by atoms with E-state index in [1.165, 1.54) is 12.1 Å². The van der Waals surface area contributed by atoms with Gasteiger partial charge in [0.25, 0.3) is 0 Å². The standard InChI is InChI=1S/C30H47NO9/c1-10-12-17(3)27(34)38-22-15-14-21(16-23(22)39-28(35)18(4)13-11-2)24(25(31)26(32)33)19(5)20(6)37-29(36)40-30(7,8)9/h14-20,24-25H,10-13,31H2,1-9H3,(H,32,33)/t17?,18?,19?,20?,24?,25-/m0/s1. The van der Waals surface area contributed by atoms with Crippen LogP contribution >= 0.6 is 0 Å². The summed E-state index contributed by atoms with van der Waals surface area (Å²) in [4.78, 5) is 49.8. The van der Waals surface area contributed by atoms with E-state index in [4.69, 9.17) is 24.7 Å². The fourth-order valence-corrected chi connectivity index (χ4v) is 4.23. The van der Waals surface area contributed by atoms with E-state index in [-0.39, 0.29) is 17.4 Å². The van der Waals surface area contributed by atoms with Crippen molar-refractivity contribution in [3.8, 4) is 11.5 Å². The molecular formula is C30H47NO9. The number of nitrogens with two attached hydrogens (primary N) is 1. The van der Waals surface area contributed by atoms with Gasteiger partial charge in [-0.3, -0.25) is 14.4 Å². The van der Waals surface area contributed by atoms with E-state index in [2.05, 4.69) is 0 Å². The summed E-state index contributed by atoms with van der Waals surface area (Å²) in [6, 6.07) is 3.12. The third kappa shape index (κ3) is 10.8. The number of hydrogen-bond acceptors (Lipinski definition) is 9. The van der Waals surface area contributed by atoms with Crippen LogP contribution in [0.3, 0.4) is 0 Å². The first-order valence-corrected chi connectivity index (χ1v) is 14.0. The molecule has 10 heteroatoms. The van der Waals surface area contributed by atoms with Crippen molar-refractivity contribution in [2.75, 3.05) is 0 Å². The summed E-state index contributed by atoms with van der Waals surface area (Å²) in [6.07, 6.45) is 1.12. The zero-order valence-electron chi connectivity index (χ0n) is 25.3. The molecule has 1 aromatic rings. The monoisotopic (exact) mass is 565 g/mol. The Morgan fingerprint density at radius 2 is 1.38 bits per heavy atom. The lowest BCUT2D eigenvalue weighted by Crippen LogP contribution is -2.43. The van der Waals surface area contributed by atoms with Crippen molar-refractivity contribution < 1.29 is 43.2 Å². The normalized spacial score (nSPS) is 16.1. The average molecular weight is 566 g/mol. The highest BCUT2D eigenvalue weighted by Crippen LogP contribution is 2.38. The van der Waals surface area contributed by atoms with Crippen LogP contribution in [0.15, 0.2) is 18.2 Å². The van der Waals surface area contributed by atoms with Gasteiger partial charge in [0.05, 0.1) is 11.8 Å². The number of aliphatic carboxylic acids is 1. The SMILES string of the molecule is CCCC(C)C(=O)Oc1ccc(C(C(C)C(C)OC(=O)OC(C)(C)C)[C@H](N)C(=O)O)cc1OC(=O)C(C)CCC. The zero-order valence-corrected chi connectivity index (χ0v) is 25.3. The fraction of sp³-hybridized carbons (Fsp3) is 0.667. The van der Waals surface area contributed by atoms with Crippen LogP contribution < -0.4 is 15.2 Å². The van der Waals surface area contributed by atoms with Crippen molar-refractivity contribution in [3.05, 3.63) is 23.8 Å². The molecule has 10 nitrogen and oxygen atoms in total. The molecule has 0 saturated heterocycles. The first-order valence-electron chi connectivity index (χ1n) is 14.0. The molecule has 0 aromatic heterocycles. The molecule has 0 saturated carbocycles. The van der Waals surface area contributed by atoms with Gasteiger partial charge >= 0.3 is 24.1 Å². The topological polar surface area (TPSA) is 151 Å². The molecule has 0 heterocycles. The van der Waals surface area contributed by atoms with Crippen LogP contribution in [0.25, 0.3) is 0 Å². The summed E-state index contributed by atoms with van der Waals surface area (Å²) in [5, 5.41) is 9.80. The summed E-state index contributed by atoms with van der Waals surface area (Å²) >= 11 is 0. The van der Waals surface area contributed by atoms with Crippen molar-refractivity contribution in [3.63, 3.8) is 0 Å². The number of hydrogen-bond donors (Lipinski definition) is 2. The summed E-state index contributed by atoms with van der Waals surface area (Å²) < 4.78 is 21.9. The number of rotatable bonds is 14. The molecule has 0 aliphatic rings. The van der Waals surface area contributed by atoms with Gasteiger partial charge in [0.15, 0.2) is 11.5 Å². The quantitative estimate of drug-likeness (QED) is 0.208. The van der Waals surface area contributed by atoms with Gasteiger partial charge in [0.1, 0.15) is 17.7 Å². The van der Waals surface area contributed by atoms with Crippen molar-refractivity contribution in [1.29, 1.82) is 0 Å². The molecular weight excluding hydrogens is 518 g/mol. The maximum Gasteiger partial charge on any atom is 0.509 e. The van der Waals surface area contributed by atoms with Gasteiger partial charge in [-0.25, -0.2) is 4.79 Å². The smallest absolute Gasteiger partial charge is 0.480 e. The minimum absolute atomic E-state index is 0.0157. The van der Waals surface area contributed by atoms with Crippen molar-refractivity contribution in [2.45, 2.75) is 112 Å².